The zero-order valence-corrected chi connectivity index (χ0v) is 14.0. The molecule has 0 radical (unpaired) electrons. The second kappa shape index (κ2) is 5.99. The molecule has 0 bridgehead atoms. The molecule has 4 nitrogen and oxygen atoms in total. The van der Waals surface area contributed by atoms with E-state index in [2.05, 4.69) is 9.98 Å². The first-order valence-corrected chi connectivity index (χ1v) is 8.29. The van der Waals surface area contributed by atoms with E-state index in [0.717, 1.165) is 0 Å². The number of amidine groups is 1. The highest BCUT2D eigenvalue weighted by Gasteiger charge is 2.36. The molecule has 1 unspecified atom stereocenters. The van der Waals surface area contributed by atoms with Crippen LogP contribution in [0.25, 0.3) is 0 Å². The molecule has 3 rings (SSSR count). The molecular formula is C15H13Cl2N3OS. The van der Waals surface area contributed by atoms with Gasteiger partial charge in [-0.3, -0.25) is 4.98 Å². The molecule has 0 saturated heterocycles. The van der Waals surface area contributed by atoms with Crippen molar-refractivity contribution in [3.8, 4) is 11.5 Å². The molecule has 1 aliphatic rings. The van der Waals surface area contributed by atoms with Gasteiger partial charge in [0.2, 0.25) is 0 Å². The van der Waals surface area contributed by atoms with Crippen LogP contribution in [0.5, 0.6) is 11.5 Å². The number of aromatic nitrogens is 1. The number of para-hydroxylation sites is 1. The van der Waals surface area contributed by atoms with Crippen LogP contribution in [0.4, 0.5) is 0 Å². The zero-order chi connectivity index (χ0) is 15.7. The Morgan fingerprint density at radius 1 is 1.23 bits per heavy atom. The zero-order valence-electron chi connectivity index (χ0n) is 11.7. The largest absolute Gasteiger partial charge is 0.452 e. The average Bonchev–Trinajstić information content (AvgIpc) is 2.84. The van der Waals surface area contributed by atoms with Crippen molar-refractivity contribution in [2.24, 2.45) is 10.7 Å². The third-order valence-corrected chi connectivity index (χ3v) is 4.96. The first kappa shape index (κ1) is 15.5. The van der Waals surface area contributed by atoms with Crippen LogP contribution in [0.3, 0.4) is 0 Å². The SMILES string of the molecule is CC1(c2ncccc2Oc2c(Cl)cccc2Cl)CSC(N)=N1. The lowest BCUT2D eigenvalue weighted by atomic mass is 10.00. The van der Waals surface area contributed by atoms with Crippen molar-refractivity contribution >= 4 is 40.1 Å². The van der Waals surface area contributed by atoms with Gasteiger partial charge in [0.05, 0.1) is 10.0 Å². The summed E-state index contributed by atoms with van der Waals surface area (Å²) < 4.78 is 5.94. The lowest BCUT2D eigenvalue weighted by Gasteiger charge is -2.22. The van der Waals surface area contributed by atoms with Crippen LogP contribution < -0.4 is 10.5 Å². The summed E-state index contributed by atoms with van der Waals surface area (Å²) in [6.07, 6.45) is 1.70. The Kier molecular flexibility index (Phi) is 4.21. The van der Waals surface area contributed by atoms with Gasteiger partial charge >= 0.3 is 0 Å². The van der Waals surface area contributed by atoms with Gasteiger partial charge in [0.25, 0.3) is 0 Å². The minimum atomic E-state index is -0.529. The van der Waals surface area contributed by atoms with E-state index in [-0.39, 0.29) is 0 Å². The maximum atomic E-state index is 6.17. The Morgan fingerprint density at radius 3 is 2.59 bits per heavy atom. The number of thioether (sulfide) groups is 1. The van der Waals surface area contributed by atoms with E-state index in [4.69, 9.17) is 33.7 Å². The standard InChI is InChI=1S/C15H13Cl2N3OS/c1-15(8-22-14(18)20-15)13-11(6-3-7-19-13)21-12-9(16)4-2-5-10(12)17/h2-7H,8H2,1H3,(H2,18,20). The van der Waals surface area contributed by atoms with Gasteiger partial charge in [0, 0.05) is 11.9 Å². The van der Waals surface area contributed by atoms with Crippen LogP contribution in [-0.2, 0) is 5.54 Å². The fourth-order valence-corrected chi connectivity index (χ4v) is 3.58. The highest BCUT2D eigenvalue weighted by molar-refractivity contribution is 8.14. The molecule has 2 aromatic rings. The quantitative estimate of drug-likeness (QED) is 0.884. The molecule has 0 saturated carbocycles. The van der Waals surface area contributed by atoms with Gasteiger partial charge < -0.3 is 10.5 Å². The van der Waals surface area contributed by atoms with Crippen LogP contribution in [-0.4, -0.2) is 15.9 Å². The third-order valence-electron chi connectivity index (χ3n) is 3.27. The predicted molar refractivity (Wildman–Crippen MR) is 92.2 cm³/mol. The van der Waals surface area contributed by atoms with E-state index in [9.17, 15) is 0 Å². The van der Waals surface area contributed by atoms with E-state index in [1.54, 1.807) is 30.5 Å². The van der Waals surface area contributed by atoms with Crippen LogP contribution in [0.15, 0.2) is 41.5 Å². The second-order valence-electron chi connectivity index (χ2n) is 5.02. The predicted octanol–water partition coefficient (Wildman–Crippen LogP) is 4.46. The molecule has 1 aliphatic heterocycles. The molecule has 1 aromatic heterocycles. The molecule has 1 aromatic carbocycles. The van der Waals surface area contributed by atoms with Crippen molar-refractivity contribution in [1.82, 2.24) is 4.98 Å². The van der Waals surface area contributed by atoms with Crippen molar-refractivity contribution in [2.45, 2.75) is 12.5 Å². The summed E-state index contributed by atoms with van der Waals surface area (Å²) in [5.41, 5.74) is 5.98. The third kappa shape index (κ3) is 2.89. The summed E-state index contributed by atoms with van der Waals surface area (Å²) in [7, 11) is 0. The monoisotopic (exact) mass is 353 g/mol. The molecule has 0 amide bonds. The molecule has 0 spiro atoms. The number of hydrogen-bond donors (Lipinski definition) is 1. The van der Waals surface area contributed by atoms with E-state index in [1.807, 2.05) is 13.0 Å². The van der Waals surface area contributed by atoms with Gasteiger partial charge in [-0.25, -0.2) is 4.99 Å². The number of rotatable bonds is 3. The summed E-state index contributed by atoms with van der Waals surface area (Å²) in [4.78, 5) is 8.92. The molecule has 1 atom stereocenters. The molecule has 0 aliphatic carbocycles. The fraction of sp³-hybridized carbons (Fsp3) is 0.200. The minimum absolute atomic E-state index is 0.409. The smallest absolute Gasteiger partial charge is 0.164 e. The topological polar surface area (TPSA) is 60.5 Å². The van der Waals surface area contributed by atoms with E-state index < -0.39 is 5.54 Å². The molecule has 0 fully saturated rings. The van der Waals surface area contributed by atoms with Crippen molar-refractivity contribution < 1.29 is 4.74 Å². The van der Waals surface area contributed by atoms with Crippen molar-refractivity contribution in [2.75, 3.05) is 5.75 Å². The van der Waals surface area contributed by atoms with Gasteiger partial charge in [-0.1, -0.05) is 41.0 Å². The van der Waals surface area contributed by atoms with Crippen LogP contribution >= 0.6 is 35.0 Å². The number of hydrogen-bond acceptors (Lipinski definition) is 5. The molecule has 7 heteroatoms. The first-order valence-electron chi connectivity index (χ1n) is 6.55. The normalized spacial score (nSPS) is 20.8. The lowest BCUT2D eigenvalue weighted by molar-refractivity contribution is 0.445. The lowest BCUT2D eigenvalue weighted by Crippen LogP contribution is -2.22. The number of nitrogens with two attached hydrogens (primary N) is 1. The van der Waals surface area contributed by atoms with Gasteiger partial charge in [0.1, 0.15) is 11.2 Å². The summed E-state index contributed by atoms with van der Waals surface area (Å²) in [5.74, 6) is 1.69. The van der Waals surface area contributed by atoms with Gasteiger partial charge in [0.15, 0.2) is 16.7 Å². The van der Waals surface area contributed by atoms with Gasteiger partial charge in [-0.2, -0.15) is 0 Å². The van der Waals surface area contributed by atoms with Crippen molar-refractivity contribution in [3.63, 3.8) is 0 Å². The minimum Gasteiger partial charge on any atom is -0.452 e. The van der Waals surface area contributed by atoms with Crippen LogP contribution in [0.1, 0.15) is 12.6 Å². The highest BCUT2D eigenvalue weighted by Crippen LogP contribution is 2.42. The van der Waals surface area contributed by atoms with E-state index in [1.165, 1.54) is 11.8 Å². The highest BCUT2D eigenvalue weighted by atomic mass is 35.5. The first-order chi connectivity index (χ1) is 10.5. The fourth-order valence-electron chi connectivity index (χ4n) is 2.21. The molecule has 2 N–H and O–H groups in total. The van der Waals surface area contributed by atoms with Crippen molar-refractivity contribution in [1.29, 1.82) is 0 Å². The summed E-state index contributed by atoms with van der Waals surface area (Å²) >= 11 is 13.8. The molecule has 22 heavy (non-hydrogen) atoms. The second-order valence-corrected chi connectivity index (χ2v) is 6.83. The van der Waals surface area contributed by atoms with E-state index in [0.29, 0.717) is 38.2 Å². The maximum Gasteiger partial charge on any atom is 0.164 e. The molecule has 114 valence electrons. The average molecular weight is 354 g/mol. The summed E-state index contributed by atoms with van der Waals surface area (Å²) in [5, 5.41) is 1.43. The van der Waals surface area contributed by atoms with Crippen LogP contribution in [0, 0.1) is 0 Å². The number of ether oxygens (including phenoxy) is 1. The summed E-state index contributed by atoms with van der Waals surface area (Å²) in [6.45, 7) is 1.98. The Balaban J connectivity index is 2.03. The number of aliphatic imine (C=N–C) groups is 1. The number of benzene rings is 1. The Bertz CT molecular complexity index is 733. The Morgan fingerprint density at radius 2 is 1.95 bits per heavy atom. The molecule has 2 heterocycles. The van der Waals surface area contributed by atoms with E-state index >= 15 is 0 Å². The summed E-state index contributed by atoms with van der Waals surface area (Å²) in [6, 6.07) is 8.83. The molecular weight excluding hydrogens is 341 g/mol. The maximum absolute atomic E-state index is 6.17. The number of pyridine rings is 1. The van der Waals surface area contributed by atoms with Gasteiger partial charge in [-0.15, -0.1) is 0 Å². The van der Waals surface area contributed by atoms with Crippen LogP contribution in [0.2, 0.25) is 10.0 Å². The Labute approximate surface area is 142 Å². The van der Waals surface area contributed by atoms with Gasteiger partial charge in [-0.05, 0) is 31.2 Å². The number of nitrogens with zero attached hydrogens (tertiary/aromatic N) is 2. The Hall–Kier alpha value is -1.43. The van der Waals surface area contributed by atoms with Crippen molar-refractivity contribution in [3.05, 3.63) is 52.3 Å². The number of halogens is 2.